The van der Waals surface area contributed by atoms with E-state index in [9.17, 15) is 0 Å². The highest BCUT2D eigenvalue weighted by molar-refractivity contribution is 5.36. The molecule has 2 N–H and O–H groups in total. The van der Waals surface area contributed by atoms with Crippen molar-refractivity contribution in [2.45, 2.75) is 12.6 Å². The van der Waals surface area contributed by atoms with Crippen LogP contribution in [-0.2, 0) is 6.61 Å². The van der Waals surface area contributed by atoms with Crippen LogP contribution in [-0.4, -0.2) is 19.6 Å². The molecule has 20 heavy (non-hydrogen) atoms. The van der Waals surface area contributed by atoms with Crippen LogP contribution in [0, 0.1) is 0 Å². The van der Waals surface area contributed by atoms with Crippen LogP contribution in [0.4, 0.5) is 0 Å². The maximum atomic E-state index is 6.01. The van der Waals surface area contributed by atoms with E-state index < -0.39 is 0 Å². The largest absolute Gasteiger partial charge is 0.489 e. The lowest BCUT2D eigenvalue weighted by atomic mass is 10.0. The van der Waals surface area contributed by atoms with E-state index in [0.717, 1.165) is 25.4 Å². The zero-order valence-corrected chi connectivity index (χ0v) is 11.5. The highest BCUT2D eigenvalue weighted by Gasteiger charge is 2.17. The molecule has 1 heterocycles. The molecular weight excluding hydrogens is 248 g/mol. The Balaban J connectivity index is 1.72. The lowest BCUT2D eigenvalue weighted by molar-refractivity contribution is 0.296. The SMILES string of the molecule is c1ccc(COc2ccccc2C2CNCCN2)cc1. The van der Waals surface area contributed by atoms with E-state index in [4.69, 9.17) is 4.74 Å². The Labute approximate surface area is 120 Å². The molecule has 1 saturated heterocycles. The van der Waals surface area contributed by atoms with Crippen LogP contribution in [0.2, 0.25) is 0 Å². The maximum Gasteiger partial charge on any atom is 0.124 e. The van der Waals surface area contributed by atoms with Gasteiger partial charge >= 0.3 is 0 Å². The van der Waals surface area contributed by atoms with Gasteiger partial charge in [0.15, 0.2) is 0 Å². The van der Waals surface area contributed by atoms with Crippen molar-refractivity contribution in [1.29, 1.82) is 0 Å². The second-order valence-electron chi connectivity index (χ2n) is 5.02. The van der Waals surface area contributed by atoms with Crippen molar-refractivity contribution in [3.8, 4) is 5.75 Å². The number of hydrogen-bond donors (Lipinski definition) is 2. The number of para-hydroxylation sites is 1. The molecule has 0 amide bonds. The topological polar surface area (TPSA) is 33.3 Å². The van der Waals surface area contributed by atoms with Gasteiger partial charge in [0.05, 0.1) is 0 Å². The minimum absolute atomic E-state index is 0.329. The first-order valence-electron chi connectivity index (χ1n) is 7.13. The number of hydrogen-bond acceptors (Lipinski definition) is 3. The van der Waals surface area contributed by atoms with E-state index in [2.05, 4.69) is 41.0 Å². The number of piperazine rings is 1. The van der Waals surface area contributed by atoms with Crippen LogP contribution >= 0.6 is 0 Å². The number of nitrogens with one attached hydrogen (secondary N) is 2. The van der Waals surface area contributed by atoms with Crippen molar-refractivity contribution in [2.24, 2.45) is 0 Å². The van der Waals surface area contributed by atoms with Crippen molar-refractivity contribution in [1.82, 2.24) is 10.6 Å². The van der Waals surface area contributed by atoms with Crippen molar-refractivity contribution < 1.29 is 4.74 Å². The first kappa shape index (κ1) is 13.2. The minimum Gasteiger partial charge on any atom is -0.489 e. The molecule has 2 aromatic carbocycles. The zero-order valence-electron chi connectivity index (χ0n) is 11.5. The summed E-state index contributed by atoms with van der Waals surface area (Å²) in [5.74, 6) is 0.970. The van der Waals surface area contributed by atoms with Crippen LogP contribution < -0.4 is 15.4 Å². The summed E-state index contributed by atoms with van der Waals surface area (Å²) >= 11 is 0. The Kier molecular flexibility index (Phi) is 4.31. The summed E-state index contributed by atoms with van der Waals surface area (Å²) in [7, 11) is 0. The predicted molar refractivity (Wildman–Crippen MR) is 80.8 cm³/mol. The monoisotopic (exact) mass is 268 g/mol. The van der Waals surface area contributed by atoms with Gasteiger partial charge in [-0.2, -0.15) is 0 Å². The van der Waals surface area contributed by atoms with Crippen molar-refractivity contribution in [3.05, 3.63) is 65.7 Å². The van der Waals surface area contributed by atoms with Crippen LogP contribution in [0.15, 0.2) is 54.6 Å². The summed E-state index contributed by atoms with van der Waals surface area (Å²) in [5.41, 5.74) is 2.42. The van der Waals surface area contributed by atoms with Crippen molar-refractivity contribution in [2.75, 3.05) is 19.6 Å². The lowest BCUT2D eigenvalue weighted by Gasteiger charge is -2.26. The van der Waals surface area contributed by atoms with Gasteiger partial charge in [0.1, 0.15) is 12.4 Å². The molecule has 0 bridgehead atoms. The molecule has 0 radical (unpaired) electrons. The maximum absolute atomic E-state index is 6.01. The van der Waals surface area contributed by atoms with Gasteiger partial charge in [0.25, 0.3) is 0 Å². The van der Waals surface area contributed by atoms with Gasteiger partial charge in [-0.25, -0.2) is 0 Å². The Morgan fingerprint density at radius 1 is 0.950 bits per heavy atom. The normalized spacial score (nSPS) is 18.7. The molecule has 2 aromatic rings. The van der Waals surface area contributed by atoms with Gasteiger partial charge in [-0.3, -0.25) is 0 Å². The molecule has 0 saturated carbocycles. The van der Waals surface area contributed by atoms with Crippen LogP contribution in [0.3, 0.4) is 0 Å². The fourth-order valence-electron chi connectivity index (χ4n) is 2.51. The lowest BCUT2D eigenvalue weighted by Crippen LogP contribution is -2.42. The molecule has 1 unspecified atom stereocenters. The molecule has 3 nitrogen and oxygen atoms in total. The first-order chi connectivity index (χ1) is 9.93. The van der Waals surface area contributed by atoms with Crippen LogP contribution in [0.25, 0.3) is 0 Å². The molecule has 1 aliphatic rings. The van der Waals surface area contributed by atoms with E-state index in [1.807, 2.05) is 24.3 Å². The first-order valence-corrected chi connectivity index (χ1v) is 7.13. The molecule has 1 atom stereocenters. The predicted octanol–water partition coefficient (Wildman–Crippen LogP) is 2.50. The van der Waals surface area contributed by atoms with Gasteiger partial charge in [0.2, 0.25) is 0 Å². The van der Waals surface area contributed by atoms with E-state index in [1.165, 1.54) is 11.1 Å². The van der Waals surface area contributed by atoms with Gasteiger partial charge < -0.3 is 15.4 Å². The summed E-state index contributed by atoms with van der Waals surface area (Å²) in [6.45, 7) is 3.59. The van der Waals surface area contributed by atoms with E-state index in [-0.39, 0.29) is 0 Å². The second kappa shape index (κ2) is 6.55. The van der Waals surface area contributed by atoms with Gasteiger partial charge in [-0.1, -0.05) is 48.5 Å². The van der Waals surface area contributed by atoms with E-state index >= 15 is 0 Å². The van der Waals surface area contributed by atoms with E-state index in [0.29, 0.717) is 12.6 Å². The second-order valence-corrected chi connectivity index (χ2v) is 5.02. The molecule has 0 aliphatic carbocycles. The molecule has 3 heteroatoms. The average Bonchev–Trinajstić information content (AvgIpc) is 2.55. The highest BCUT2D eigenvalue weighted by atomic mass is 16.5. The Hall–Kier alpha value is -1.84. The third-order valence-corrected chi connectivity index (χ3v) is 3.57. The smallest absolute Gasteiger partial charge is 0.124 e. The van der Waals surface area contributed by atoms with E-state index in [1.54, 1.807) is 0 Å². The Morgan fingerprint density at radius 2 is 1.75 bits per heavy atom. The molecular formula is C17H20N2O. The number of rotatable bonds is 4. The molecule has 104 valence electrons. The third kappa shape index (κ3) is 3.18. The highest BCUT2D eigenvalue weighted by Crippen LogP contribution is 2.26. The Morgan fingerprint density at radius 3 is 2.55 bits per heavy atom. The molecule has 3 rings (SSSR count). The van der Waals surface area contributed by atoms with Crippen molar-refractivity contribution in [3.63, 3.8) is 0 Å². The molecule has 1 fully saturated rings. The van der Waals surface area contributed by atoms with Crippen LogP contribution in [0.5, 0.6) is 5.75 Å². The zero-order chi connectivity index (χ0) is 13.6. The van der Waals surface area contributed by atoms with Gasteiger partial charge in [-0.05, 0) is 11.6 Å². The number of benzene rings is 2. The average molecular weight is 268 g/mol. The minimum atomic E-state index is 0.329. The number of ether oxygens (including phenoxy) is 1. The summed E-state index contributed by atoms with van der Waals surface area (Å²) in [4.78, 5) is 0. The molecule has 1 aliphatic heterocycles. The summed E-state index contributed by atoms with van der Waals surface area (Å²) in [6, 6.07) is 18.9. The molecule has 0 spiro atoms. The summed E-state index contributed by atoms with van der Waals surface area (Å²) in [5, 5.41) is 6.95. The van der Waals surface area contributed by atoms with Gasteiger partial charge in [-0.15, -0.1) is 0 Å². The standard InChI is InChI=1S/C17H20N2O/c1-2-6-14(7-3-1)13-20-17-9-5-4-8-15(17)16-12-18-10-11-19-16/h1-9,16,18-19H,10-13H2. The molecule has 0 aromatic heterocycles. The summed E-state index contributed by atoms with van der Waals surface area (Å²) < 4.78 is 6.01. The third-order valence-electron chi connectivity index (χ3n) is 3.57. The fourth-order valence-corrected chi connectivity index (χ4v) is 2.51. The van der Waals surface area contributed by atoms with Gasteiger partial charge in [0, 0.05) is 31.2 Å². The summed E-state index contributed by atoms with van der Waals surface area (Å²) in [6.07, 6.45) is 0. The van der Waals surface area contributed by atoms with Crippen molar-refractivity contribution >= 4 is 0 Å². The van der Waals surface area contributed by atoms with Crippen LogP contribution in [0.1, 0.15) is 17.2 Å². The quantitative estimate of drug-likeness (QED) is 0.894. The fraction of sp³-hybridized carbons (Fsp3) is 0.294. The Bertz CT molecular complexity index is 536.